The summed E-state index contributed by atoms with van der Waals surface area (Å²) in [6.45, 7) is 4.60. The average Bonchev–Trinajstić information content (AvgIpc) is 2.19. The van der Waals surface area contributed by atoms with Crippen molar-refractivity contribution in [1.82, 2.24) is 0 Å². The Bertz CT molecular complexity index is 312. The summed E-state index contributed by atoms with van der Waals surface area (Å²) >= 11 is 5.99. The van der Waals surface area contributed by atoms with Crippen molar-refractivity contribution in [1.29, 1.82) is 0 Å². The quantitative estimate of drug-likeness (QED) is 0.839. The minimum atomic E-state index is 0.233. The van der Waals surface area contributed by atoms with Crippen LogP contribution in [0, 0.1) is 0 Å². The number of aryl methyl sites for hydroxylation is 1. The molecule has 0 aliphatic rings. The molecule has 0 radical (unpaired) electrons. The van der Waals surface area contributed by atoms with Gasteiger partial charge < -0.3 is 10.5 Å². The summed E-state index contributed by atoms with van der Waals surface area (Å²) in [6.07, 6.45) is 1.95. The van der Waals surface area contributed by atoms with E-state index in [4.69, 9.17) is 22.1 Å². The van der Waals surface area contributed by atoms with Crippen LogP contribution in [0.4, 0.5) is 0 Å². The first-order chi connectivity index (χ1) is 7.13. The van der Waals surface area contributed by atoms with Gasteiger partial charge in [-0.15, -0.1) is 0 Å². The summed E-state index contributed by atoms with van der Waals surface area (Å²) in [5.74, 6) is 0.765. The van der Waals surface area contributed by atoms with Crippen LogP contribution in [-0.2, 0) is 6.42 Å². The molecule has 3 heteroatoms. The number of hydrogen-bond acceptors (Lipinski definition) is 2. The maximum absolute atomic E-state index is 5.99. The Hall–Kier alpha value is -0.730. The van der Waals surface area contributed by atoms with Gasteiger partial charge in [0.1, 0.15) is 5.75 Å². The van der Waals surface area contributed by atoms with Gasteiger partial charge in [-0.05, 0) is 44.4 Å². The lowest BCUT2D eigenvalue weighted by atomic mass is 10.1. The van der Waals surface area contributed by atoms with E-state index in [9.17, 15) is 0 Å². The first kappa shape index (κ1) is 12.3. The molecular formula is C12H18ClNO. The van der Waals surface area contributed by atoms with Crippen molar-refractivity contribution in [2.45, 2.75) is 32.7 Å². The molecule has 2 N–H and O–H groups in total. The van der Waals surface area contributed by atoms with Crippen LogP contribution in [0.1, 0.15) is 25.8 Å². The molecule has 0 saturated heterocycles. The van der Waals surface area contributed by atoms with Crippen LogP contribution in [0.2, 0.25) is 5.02 Å². The van der Waals surface area contributed by atoms with Crippen LogP contribution in [0.5, 0.6) is 5.75 Å². The van der Waals surface area contributed by atoms with Crippen molar-refractivity contribution < 1.29 is 4.74 Å². The fourth-order valence-corrected chi connectivity index (χ4v) is 1.54. The summed E-state index contributed by atoms with van der Waals surface area (Å²) < 4.78 is 5.42. The lowest BCUT2D eigenvalue weighted by Gasteiger charge is -2.09. The largest absolute Gasteiger partial charge is 0.492 e. The zero-order valence-electron chi connectivity index (χ0n) is 9.29. The van der Waals surface area contributed by atoms with Gasteiger partial charge in [0.15, 0.2) is 0 Å². The van der Waals surface area contributed by atoms with Crippen molar-refractivity contribution >= 4 is 11.6 Å². The van der Waals surface area contributed by atoms with Crippen LogP contribution in [-0.4, -0.2) is 12.6 Å². The smallest absolute Gasteiger partial charge is 0.138 e. The number of hydrogen-bond donors (Lipinski definition) is 1. The number of nitrogens with two attached hydrogens (primary N) is 1. The van der Waals surface area contributed by atoms with Crippen molar-refractivity contribution in [3.8, 4) is 5.75 Å². The zero-order chi connectivity index (χ0) is 11.3. The Balaban J connectivity index is 2.69. The minimum absolute atomic E-state index is 0.233. The first-order valence-electron chi connectivity index (χ1n) is 5.30. The maximum Gasteiger partial charge on any atom is 0.138 e. The molecule has 1 rings (SSSR count). The molecule has 1 unspecified atom stereocenters. The number of halogens is 1. The third-order valence-corrected chi connectivity index (χ3v) is 2.50. The molecule has 0 aromatic heterocycles. The highest BCUT2D eigenvalue weighted by molar-refractivity contribution is 6.32. The van der Waals surface area contributed by atoms with E-state index < -0.39 is 0 Å². The topological polar surface area (TPSA) is 35.2 Å². The molecule has 0 amide bonds. The molecule has 0 spiro atoms. The molecule has 1 aromatic rings. The Morgan fingerprint density at radius 1 is 1.47 bits per heavy atom. The molecule has 0 saturated carbocycles. The standard InChI is InChI=1S/C12H18ClNO/c1-3-15-12-8-10(5-4-9(2)14)6-7-11(12)13/h6-9H,3-5,14H2,1-2H3. The van der Waals surface area contributed by atoms with Crippen molar-refractivity contribution in [2.75, 3.05) is 6.61 Å². The fraction of sp³-hybridized carbons (Fsp3) is 0.500. The Morgan fingerprint density at radius 3 is 2.80 bits per heavy atom. The molecule has 1 aromatic carbocycles. The number of rotatable bonds is 5. The van der Waals surface area contributed by atoms with Crippen LogP contribution in [0.3, 0.4) is 0 Å². The molecule has 0 heterocycles. The highest BCUT2D eigenvalue weighted by Crippen LogP contribution is 2.26. The summed E-state index contributed by atoms with van der Waals surface area (Å²) in [5.41, 5.74) is 6.93. The number of ether oxygens (including phenoxy) is 1. The summed E-state index contributed by atoms with van der Waals surface area (Å²) in [5, 5.41) is 0.668. The van der Waals surface area contributed by atoms with Crippen LogP contribution < -0.4 is 10.5 Å². The van der Waals surface area contributed by atoms with Crippen molar-refractivity contribution in [2.24, 2.45) is 5.73 Å². The molecular weight excluding hydrogens is 210 g/mol. The second-order valence-electron chi connectivity index (χ2n) is 3.71. The first-order valence-corrected chi connectivity index (χ1v) is 5.68. The van der Waals surface area contributed by atoms with Crippen molar-refractivity contribution in [3.05, 3.63) is 28.8 Å². The van der Waals surface area contributed by atoms with E-state index in [0.29, 0.717) is 11.6 Å². The molecule has 0 fully saturated rings. The van der Waals surface area contributed by atoms with Crippen LogP contribution in [0.25, 0.3) is 0 Å². The summed E-state index contributed by atoms with van der Waals surface area (Å²) in [7, 11) is 0. The summed E-state index contributed by atoms with van der Waals surface area (Å²) in [4.78, 5) is 0. The van der Waals surface area contributed by atoms with E-state index in [0.717, 1.165) is 18.6 Å². The average molecular weight is 228 g/mol. The SMILES string of the molecule is CCOc1cc(CCC(C)N)ccc1Cl. The molecule has 0 aliphatic carbocycles. The highest BCUT2D eigenvalue weighted by atomic mass is 35.5. The van der Waals surface area contributed by atoms with Crippen LogP contribution >= 0.6 is 11.6 Å². The lowest BCUT2D eigenvalue weighted by molar-refractivity contribution is 0.340. The molecule has 84 valence electrons. The lowest BCUT2D eigenvalue weighted by Crippen LogP contribution is -2.15. The van der Waals surface area contributed by atoms with Gasteiger partial charge in [0, 0.05) is 6.04 Å². The van der Waals surface area contributed by atoms with Crippen LogP contribution in [0.15, 0.2) is 18.2 Å². The van der Waals surface area contributed by atoms with Gasteiger partial charge in [0.05, 0.1) is 11.6 Å². The van der Waals surface area contributed by atoms with Gasteiger partial charge in [0.2, 0.25) is 0 Å². The predicted molar refractivity (Wildman–Crippen MR) is 64.6 cm³/mol. The Labute approximate surface area is 96.4 Å². The Morgan fingerprint density at radius 2 is 2.20 bits per heavy atom. The van der Waals surface area contributed by atoms with Gasteiger partial charge in [-0.3, -0.25) is 0 Å². The van der Waals surface area contributed by atoms with Crippen molar-refractivity contribution in [3.63, 3.8) is 0 Å². The fourth-order valence-electron chi connectivity index (χ4n) is 1.36. The Kier molecular flexibility index (Phi) is 4.92. The molecule has 1 atom stereocenters. The van der Waals surface area contributed by atoms with Gasteiger partial charge in [0.25, 0.3) is 0 Å². The predicted octanol–water partition coefficient (Wildman–Crippen LogP) is 3.02. The molecule has 0 aliphatic heterocycles. The molecule has 0 bridgehead atoms. The van der Waals surface area contributed by atoms with E-state index in [1.165, 1.54) is 5.56 Å². The van der Waals surface area contributed by atoms with Gasteiger partial charge in [-0.1, -0.05) is 17.7 Å². The normalized spacial score (nSPS) is 12.5. The zero-order valence-corrected chi connectivity index (χ0v) is 10.1. The van der Waals surface area contributed by atoms with E-state index >= 15 is 0 Å². The summed E-state index contributed by atoms with van der Waals surface area (Å²) in [6, 6.07) is 6.13. The van der Waals surface area contributed by atoms with Gasteiger partial charge in [-0.2, -0.15) is 0 Å². The minimum Gasteiger partial charge on any atom is -0.492 e. The van der Waals surface area contributed by atoms with Gasteiger partial charge in [-0.25, -0.2) is 0 Å². The molecule has 15 heavy (non-hydrogen) atoms. The van der Waals surface area contributed by atoms with E-state index in [1.54, 1.807) is 0 Å². The van der Waals surface area contributed by atoms with E-state index in [1.807, 2.05) is 32.0 Å². The second-order valence-corrected chi connectivity index (χ2v) is 4.12. The number of benzene rings is 1. The molecule has 2 nitrogen and oxygen atoms in total. The maximum atomic E-state index is 5.99. The van der Waals surface area contributed by atoms with E-state index in [-0.39, 0.29) is 6.04 Å². The third kappa shape index (κ3) is 4.10. The van der Waals surface area contributed by atoms with Gasteiger partial charge >= 0.3 is 0 Å². The third-order valence-electron chi connectivity index (χ3n) is 2.18. The second kappa shape index (κ2) is 5.99. The van der Waals surface area contributed by atoms with E-state index in [2.05, 4.69) is 0 Å². The highest BCUT2D eigenvalue weighted by Gasteiger charge is 2.03. The monoisotopic (exact) mass is 227 g/mol.